The Morgan fingerprint density at radius 2 is 2.05 bits per heavy atom. The van der Waals surface area contributed by atoms with Crippen molar-refractivity contribution in [3.8, 4) is 0 Å². The van der Waals surface area contributed by atoms with Crippen LogP contribution in [0.15, 0.2) is 18.2 Å². The summed E-state index contributed by atoms with van der Waals surface area (Å²) in [5.74, 6) is 0.313. The lowest BCUT2D eigenvalue weighted by atomic mass is 9.97. The molecule has 104 valence electrons. The highest BCUT2D eigenvalue weighted by Gasteiger charge is 2.20. The van der Waals surface area contributed by atoms with Crippen molar-refractivity contribution in [3.63, 3.8) is 0 Å². The molecule has 19 heavy (non-hydrogen) atoms. The Labute approximate surface area is 123 Å². The second-order valence-electron chi connectivity index (χ2n) is 4.80. The fourth-order valence-electron chi connectivity index (χ4n) is 2.27. The Morgan fingerprint density at radius 3 is 2.74 bits per heavy atom. The fraction of sp³-hybridized carbons (Fsp3) is 0.500. The lowest BCUT2D eigenvalue weighted by Crippen LogP contribution is -2.38. The van der Waals surface area contributed by atoms with Crippen molar-refractivity contribution in [3.05, 3.63) is 33.8 Å². The van der Waals surface area contributed by atoms with E-state index in [1.54, 1.807) is 6.07 Å². The lowest BCUT2D eigenvalue weighted by Gasteiger charge is -2.21. The van der Waals surface area contributed by atoms with Crippen molar-refractivity contribution >= 4 is 29.1 Å². The SMILES string of the molecule is O=C(NCCc1ccc(Cl)cc1Cl)C1CCNCC1. The molecule has 0 atom stereocenters. The van der Waals surface area contributed by atoms with Crippen molar-refractivity contribution in [1.82, 2.24) is 10.6 Å². The predicted octanol–water partition coefficient (Wildman–Crippen LogP) is 2.65. The molecule has 3 nitrogen and oxygen atoms in total. The second kappa shape index (κ2) is 7.13. The number of rotatable bonds is 4. The third kappa shape index (κ3) is 4.37. The van der Waals surface area contributed by atoms with E-state index >= 15 is 0 Å². The predicted molar refractivity (Wildman–Crippen MR) is 78.8 cm³/mol. The minimum atomic E-state index is 0.155. The van der Waals surface area contributed by atoms with Gasteiger partial charge in [-0.2, -0.15) is 0 Å². The number of carbonyl (C=O) groups excluding carboxylic acids is 1. The standard InChI is InChI=1S/C14H18Cl2N2O/c15-12-2-1-10(13(16)9-12)5-8-18-14(19)11-3-6-17-7-4-11/h1-2,9,11,17H,3-8H2,(H,18,19). The molecule has 1 heterocycles. The summed E-state index contributed by atoms with van der Waals surface area (Å²) in [5, 5.41) is 7.53. The summed E-state index contributed by atoms with van der Waals surface area (Å²) in [4.78, 5) is 11.9. The van der Waals surface area contributed by atoms with Crippen LogP contribution in [-0.2, 0) is 11.2 Å². The summed E-state index contributed by atoms with van der Waals surface area (Å²) in [6.45, 7) is 2.48. The van der Waals surface area contributed by atoms with Gasteiger partial charge in [0.05, 0.1) is 0 Å². The molecule has 0 unspecified atom stereocenters. The number of nitrogens with one attached hydrogen (secondary N) is 2. The summed E-state index contributed by atoms with van der Waals surface area (Å²) >= 11 is 11.9. The van der Waals surface area contributed by atoms with Crippen LogP contribution in [0.5, 0.6) is 0 Å². The van der Waals surface area contributed by atoms with Crippen LogP contribution in [0.3, 0.4) is 0 Å². The zero-order valence-corrected chi connectivity index (χ0v) is 12.2. The van der Waals surface area contributed by atoms with Crippen molar-refractivity contribution in [1.29, 1.82) is 0 Å². The van der Waals surface area contributed by atoms with Crippen LogP contribution in [0.2, 0.25) is 10.0 Å². The molecule has 1 aliphatic rings. The zero-order valence-electron chi connectivity index (χ0n) is 10.7. The molecular formula is C14H18Cl2N2O. The van der Waals surface area contributed by atoms with Crippen LogP contribution in [0.1, 0.15) is 18.4 Å². The molecule has 2 rings (SSSR count). The molecular weight excluding hydrogens is 283 g/mol. The maximum atomic E-state index is 11.9. The number of piperidine rings is 1. The quantitative estimate of drug-likeness (QED) is 0.897. The van der Waals surface area contributed by atoms with E-state index in [0.29, 0.717) is 16.6 Å². The van der Waals surface area contributed by atoms with E-state index in [1.165, 1.54) is 0 Å². The Hall–Kier alpha value is -0.770. The molecule has 1 amide bonds. The van der Waals surface area contributed by atoms with E-state index in [-0.39, 0.29) is 11.8 Å². The number of benzene rings is 1. The van der Waals surface area contributed by atoms with Gasteiger partial charge in [0.25, 0.3) is 0 Å². The number of carbonyl (C=O) groups is 1. The first-order chi connectivity index (χ1) is 9.16. The lowest BCUT2D eigenvalue weighted by molar-refractivity contribution is -0.125. The highest BCUT2D eigenvalue weighted by atomic mass is 35.5. The Balaban J connectivity index is 1.78. The Morgan fingerprint density at radius 1 is 1.32 bits per heavy atom. The minimum Gasteiger partial charge on any atom is -0.356 e. The molecule has 0 aliphatic carbocycles. The van der Waals surface area contributed by atoms with E-state index < -0.39 is 0 Å². The fourth-order valence-corrected chi connectivity index (χ4v) is 2.78. The monoisotopic (exact) mass is 300 g/mol. The van der Waals surface area contributed by atoms with E-state index in [2.05, 4.69) is 10.6 Å². The molecule has 2 N–H and O–H groups in total. The molecule has 0 bridgehead atoms. The van der Waals surface area contributed by atoms with E-state index in [4.69, 9.17) is 23.2 Å². The van der Waals surface area contributed by atoms with Gasteiger partial charge < -0.3 is 10.6 Å². The third-order valence-electron chi connectivity index (χ3n) is 3.42. The molecule has 5 heteroatoms. The van der Waals surface area contributed by atoms with Crippen LogP contribution in [0, 0.1) is 5.92 Å². The first-order valence-corrected chi connectivity index (χ1v) is 7.35. The van der Waals surface area contributed by atoms with E-state index in [1.807, 2.05) is 12.1 Å². The summed E-state index contributed by atoms with van der Waals surface area (Å²) in [5.41, 5.74) is 1.01. The zero-order chi connectivity index (χ0) is 13.7. The maximum Gasteiger partial charge on any atom is 0.223 e. The molecule has 1 aliphatic heterocycles. The molecule has 1 aromatic rings. The average Bonchev–Trinajstić information content (AvgIpc) is 2.42. The summed E-state index contributed by atoms with van der Waals surface area (Å²) in [6, 6.07) is 5.45. The highest BCUT2D eigenvalue weighted by Crippen LogP contribution is 2.21. The normalized spacial score (nSPS) is 16.3. The highest BCUT2D eigenvalue weighted by molar-refractivity contribution is 6.35. The van der Waals surface area contributed by atoms with Gasteiger partial charge >= 0.3 is 0 Å². The number of hydrogen-bond donors (Lipinski definition) is 2. The van der Waals surface area contributed by atoms with Crippen LogP contribution in [0.25, 0.3) is 0 Å². The van der Waals surface area contributed by atoms with Crippen LogP contribution < -0.4 is 10.6 Å². The largest absolute Gasteiger partial charge is 0.356 e. The number of hydrogen-bond acceptors (Lipinski definition) is 2. The minimum absolute atomic E-state index is 0.155. The molecule has 0 spiro atoms. The van der Waals surface area contributed by atoms with Crippen LogP contribution in [0.4, 0.5) is 0 Å². The number of halogens is 2. The third-order valence-corrected chi connectivity index (χ3v) is 4.01. The van der Waals surface area contributed by atoms with Gasteiger partial charge in [-0.05, 0) is 50.0 Å². The summed E-state index contributed by atoms with van der Waals surface area (Å²) in [6.07, 6.45) is 2.58. The van der Waals surface area contributed by atoms with Gasteiger partial charge in [0.1, 0.15) is 0 Å². The first-order valence-electron chi connectivity index (χ1n) is 6.59. The van der Waals surface area contributed by atoms with Crippen molar-refractivity contribution in [2.45, 2.75) is 19.3 Å². The van der Waals surface area contributed by atoms with Crippen LogP contribution in [-0.4, -0.2) is 25.5 Å². The van der Waals surface area contributed by atoms with Gasteiger partial charge in [-0.3, -0.25) is 4.79 Å². The van der Waals surface area contributed by atoms with Gasteiger partial charge in [-0.25, -0.2) is 0 Å². The molecule has 0 radical (unpaired) electrons. The molecule has 1 aromatic carbocycles. The molecule has 1 saturated heterocycles. The summed E-state index contributed by atoms with van der Waals surface area (Å²) in [7, 11) is 0. The average molecular weight is 301 g/mol. The number of amides is 1. The Kier molecular flexibility index (Phi) is 5.49. The van der Waals surface area contributed by atoms with Crippen molar-refractivity contribution in [2.24, 2.45) is 5.92 Å². The second-order valence-corrected chi connectivity index (χ2v) is 5.64. The van der Waals surface area contributed by atoms with Gasteiger partial charge in [-0.1, -0.05) is 29.3 Å². The van der Waals surface area contributed by atoms with Gasteiger partial charge in [0.15, 0.2) is 0 Å². The van der Waals surface area contributed by atoms with Gasteiger partial charge in [0.2, 0.25) is 5.91 Å². The van der Waals surface area contributed by atoms with Gasteiger partial charge in [0, 0.05) is 22.5 Å². The topological polar surface area (TPSA) is 41.1 Å². The maximum absolute atomic E-state index is 11.9. The molecule has 0 aromatic heterocycles. The van der Waals surface area contributed by atoms with Crippen LogP contribution >= 0.6 is 23.2 Å². The van der Waals surface area contributed by atoms with Crippen molar-refractivity contribution < 1.29 is 4.79 Å². The Bertz CT molecular complexity index is 445. The molecule has 1 fully saturated rings. The smallest absolute Gasteiger partial charge is 0.223 e. The van der Waals surface area contributed by atoms with Crippen molar-refractivity contribution in [2.75, 3.05) is 19.6 Å². The molecule has 0 saturated carbocycles. The van der Waals surface area contributed by atoms with E-state index in [0.717, 1.165) is 37.9 Å². The first kappa shape index (κ1) is 14.6. The summed E-state index contributed by atoms with van der Waals surface area (Å²) < 4.78 is 0. The van der Waals surface area contributed by atoms with Gasteiger partial charge in [-0.15, -0.1) is 0 Å². The van der Waals surface area contributed by atoms with E-state index in [9.17, 15) is 4.79 Å².